The van der Waals surface area contributed by atoms with Gasteiger partial charge >= 0.3 is 5.97 Å². The van der Waals surface area contributed by atoms with Gasteiger partial charge in [0.15, 0.2) is 0 Å². The zero-order valence-corrected chi connectivity index (χ0v) is 16.3. The molecular weight excluding hydrogens is 378 g/mol. The molecule has 1 aliphatic heterocycles. The van der Waals surface area contributed by atoms with E-state index in [2.05, 4.69) is 15.6 Å². The van der Waals surface area contributed by atoms with Crippen LogP contribution in [-0.2, 0) is 25.6 Å². The predicted molar refractivity (Wildman–Crippen MR) is 104 cm³/mol. The van der Waals surface area contributed by atoms with Gasteiger partial charge in [0.1, 0.15) is 6.04 Å². The lowest BCUT2D eigenvalue weighted by Crippen LogP contribution is -2.53. The van der Waals surface area contributed by atoms with Crippen LogP contribution in [-0.4, -0.2) is 69.9 Å². The summed E-state index contributed by atoms with van der Waals surface area (Å²) in [6.07, 6.45) is 4.44. The number of nitrogens with zero attached hydrogens (tertiary/aromatic N) is 2. The van der Waals surface area contributed by atoms with Crippen molar-refractivity contribution in [1.82, 2.24) is 20.5 Å². The van der Waals surface area contributed by atoms with E-state index < -0.39 is 30.4 Å². The molecule has 10 heteroatoms. The number of nitrogens with two attached hydrogens (primary N) is 1. The van der Waals surface area contributed by atoms with Crippen LogP contribution in [0.2, 0.25) is 0 Å². The third-order valence-electron chi connectivity index (χ3n) is 4.84. The third-order valence-corrected chi connectivity index (χ3v) is 4.84. The average Bonchev–Trinajstić information content (AvgIpc) is 3.13. The van der Waals surface area contributed by atoms with Crippen LogP contribution in [0.3, 0.4) is 0 Å². The summed E-state index contributed by atoms with van der Waals surface area (Å²) in [4.78, 5) is 52.8. The molecule has 1 aromatic rings. The van der Waals surface area contributed by atoms with Crippen molar-refractivity contribution in [3.8, 4) is 0 Å². The molecule has 0 bridgehead atoms. The van der Waals surface area contributed by atoms with Crippen LogP contribution >= 0.6 is 0 Å². The van der Waals surface area contributed by atoms with Crippen molar-refractivity contribution in [1.29, 1.82) is 0 Å². The first-order chi connectivity index (χ1) is 13.8. The zero-order chi connectivity index (χ0) is 21.4. The van der Waals surface area contributed by atoms with Crippen LogP contribution in [0.15, 0.2) is 24.5 Å². The second-order valence-electron chi connectivity index (χ2n) is 7.11. The number of likely N-dealkylation sites (tertiary alicyclic amines) is 1. The lowest BCUT2D eigenvalue weighted by molar-refractivity contribution is -0.139. The van der Waals surface area contributed by atoms with E-state index in [1.165, 1.54) is 0 Å². The molecular formula is C19H27N5O5. The smallest absolute Gasteiger partial charge is 0.305 e. The van der Waals surface area contributed by atoms with Crippen LogP contribution in [0.1, 0.15) is 31.7 Å². The van der Waals surface area contributed by atoms with Gasteiger partial charge in [0, 0.05) is 31.5 Å². The first-order valence-electron chi connectivity index (χ1n) is 9.51. The first-order valence-corrected chi connectivity index (χ1v) is 9.51. The van der Waals surface area contributed by atoms with Gasteiger partial charge in [0.05, 0.1) is 18.9 Å². The molecule has 29 heavy (non-hydrogen) atoms. The maximum Gasteiger partial charge on any atom is 0.305 e. The van der Waals surface area contributed by atoms with Gasteiger partial charge in [-0.15, -0.1) is 0 Å². The molecule has 158 valence electrons. The number of carboxylic acid groups (broad SMARTS) is 1. The number of carbonyl (C=O) groups is 4. The normalized spacial score (nSPS) is 18.1. The van der Waals surface area contributed by atoms with E-state index in [-0.39, 0.29) is 30.8 Å². The maximum atomic E-state index is 12.8. The number of carboxylic acids is 1. The molecule has 2 heterocycles. The standard InChI is InChI=1S/C19H27N5O5/c1-12(23-16(25)9-13-4-6-21-7-5-13)19(29)24-8-2-3-14(24)11-22-15(18(20)28)10-17(26)27/h4-7,12,14-15,22H,2-3,8-11H2,1H3,(H2,20,28)(H,23,25)(H,26,27)/t12-,14+,15-/m0/s1. The molecule has 0 spiro atoms. The van der Waals surface area contributed by atoms with Gasteiger partial charge in [-0.3, -0.25) is 24.2 Å². The zero-order valence-electron chi connectivity index (χ0n) is 16.3. The van der Waals surface area contributed by atoms with Crippen molar-refractivity contribution in [3.05, 3.63) is 30.1 Å². The molecule has 0 aliphatic carbocycles. The van der Waals surface area contributed by atoms with Gasteiger partial charge in [-0.1, -0.05) is 0 Å². The summed E-state index contributed by atoms with van der Waals surface area (Å²) in [5, 5.41) is 14.4. The summed E-state index contributed by atoms with van der Waals surface area (Å²) in [5.74, 6) is -2.36. The Morgan fingerprint density at radius 2 is 2.00 bits per heavy atom. The molecule has 1 fully saturated rings. The Kier molecular flexibility index (Phi) is 8.08. The van der Waals surface area contributed by atoms with E-state index >= 15 is 0 Å². The van der Waals surface area contributed by atoms with Crippen LogP contribution in [0.25, 0.3) is 0 Å². The molecule has 5 N–H and O–H groups in total. The van der Waals surface area contributed by atoms with E-state index in [9.17, 15) is 19.2 Å². The molecule has 1 aliphatic rings. The third kappa shape index (κ3) is 6.83. The first kappa shape index (κ1) is 22.3. The lowest BCUT2D eigenvalue weighted by Gasteiger charge is -2.29. The fourth-order valence-electron chi connectivity index (χ4n) is 3.35. The van der Waals surface area contributed by atoms with Gasteiger partial charge < -0.3 is 26.4 Å². The summed E-state index contributed by atoms with van der Waals surface area (Å²) in [6.45, 7) is 2.42. The Bertz CT molecular complexity index is 742. The van der Waals surface area contributed by atoms with E-state index in [1.807, 2.05) is 0 Å². The Labute approximate surface area is 168 Å². The molecule has 0 radical (unpaired) electrons. The van der Waals surface area contributed by atoms with Gasteiger partial charge in [-0.2, -0.15) is 0 Å². The van der Waals surface area contributed by atoms with Crippen molar-refractivity contribution in [3.63, 3.8) is 0 Å². The number of primary amides is 1. The van der Waals surface area contributed by atoms with Crippen LogP contribution < -0.4 is 16.4 Å². The number of aromatic nitrogens is 1. The highest BCUT2D eigenvalue weighted by Gasteiger charge is 2.32. The summed E-state index contributed by atoms with van der Waals surface area (Å²) >= 11 is 0. The highest BCUT2D eigenvalue weighted by molar-refractivity contribution is 5.88. The minimum atomic E-state index is -1.13. The Morgan fingerprint density at radius 1 is 1.31 bits per heavy atom. The number of nitrogens with one attached hydrogen (secondary N) is 2. The largest absolute Gasteiger partial charge is 0.481 e. The van der Waals surface area contributed by atoms with E-state index in [0.29, 0.717) is 6.54 Å². The number of hydrogen-bond donors (Lipinski definition) is 4. The van der Waals surface area contributed by atoms with Crippen LogP contribution in [0.4, 0.5) is 0 Å². The number of hydrogen-bond acceptors (Lipinski definition) is 6. The van der Waals surface area contributed by atoms with Gasteiger partial charge in [-0.05, 0) is 37.5 Å². The second-order valence-corrected chi connectivity index (χ2v) is 7.11. The Balaban J connectivity index is 1.88. The molecule has 10 nitrogen and oxygen atoms in total. The van der Waals surface area contributed by atoms with Crippen LogP contribution in [0.5, 0.6) is 0 Å². The fraction of sp³-hybridized carbons (Fsp3) is 0.526. The molecule has 1 aromatic heterocycles. The maximum absolute atomic E-state index is 12.8. The molecule has 1 saturated heterocycles. The highest BCUT2D eigenvalue weighted by atomic mass is 16.4. The number of amides is 3. The Hall–Kier alpha value is -3.01. The van der Waals surface area contributed by atoms with E-state index in [4.69, 9.17) is 10.8 Å². The van der Waals surface area contributed by atoms with Crippen molar-refractivity contribution < 1.29 is 24.3 Å². The summed E-state index contributed by atoms with van der Waals surface area (Å²) < 4.78 is 0. The summed E-state index contributed by atoms with van der Waals surface area (Å²) in [7, 11) is 0. The quantitative estimate of drug-likeness (QED) is 0.391. The SMILES string of the molecule is C[C@H](NC(=O)Cc1ccncc1)C(=O)N1CCC[C@@H]1CN[C@@H](CC(=O)O)C(N)=O. The fourth-order valence-corrected chi connectivity index (χ4v) is 3.35. The molecule has 0 saturated carbocycles. The number of carbonyl (C=O) groups excluding carboxylic acids is 3. The summed E-state index contributed by atoms with van der Waals surface area (Å²) in [5.41, 5.74) is 6.04. The average molecular weight is 405 g/mol. The van der Waals surface area contributed by atoms with Crippen molar-refractivity contribution in [2.24, 2.45) is 5.73 Å². The monoisotopic (exact) mass is 405 g/mol. The topological polar surface area (TPSA) is 155 Å². The summed E-state index contributed by atoms with van der Waals surface area (Å²) in [6, 6.07) is 1.58. The van der Waals surface area contributed by atoms with E-state index in [1.54, 1.807) is 36.4 Å². The van der Waals surface area contributed by atoms with Crippen molar-refractivity contribution in [2.45, 2.75) is 50.7 Å². The predicted octanol–water partition coefficient (Wildman–Crippen LogP) is -0.962. The molecule has 0 aromatic carbocycles. The second kappa shape index (κ2) is 10.5. The van der Waals surface area contributed by atoms with Gasteiger partial charge in [0.25, 0.3) is 0 Å². The molecule has 2 rings (SSSR count). The number of rotatable bonds is 10. The van der Waals surface area contributed by atoms with Crippen molar-refractivity contribution >= 4 is 23.7 Å². The Morgan fingerprint density at radius 3 is 2.62 bits per heavy atom. The molecule has 3 atom stereocenters. The minimum Gasteiger partial charge on any atom is -0.481 e. The van der Waals surface area contributed by atoms with Gasteiger partial charge in [-0.25, -0.2) is 0 Å². The van der Waals surface area contributed by atoms with Crippen molar-refractivity contribution in [2.75, 3.05) is 13.1 Å². The van der Waals surface area contributed by atoms with E-state index in [0.717, 1.165) is 18.4 Å². The van der Waals surface area contributed by atoms with Crippen LogP contribution in [0, 0.1) is 0 Å². The minimum absolute atomic E-state index is 0.153. The number of aliphatic carboxylic acids is 1. The highest BCUT2D eigenvalue weighted by Crippen LogP contribution is 2.18. The lowest BCUT2D eigenvalue weighted by atomic mass is 10.1. The molecule has 0 unspecified atom stereocenters. The molecule has 3 amide bonds. The number of pyridine rings is 1. The van der Waals surface area contributed by atoms with Gasteiger partial charge in [0.2, 0.25) is 17.7 Å².